The van der Waals surface area contributed by atoms with E-state index in [4.69, 9.17) is 5.73 Å². The van der Waals surface area contributed by atoms with E-state index in [1.807, 2.05) is 6.92 Å². The molecule has 1 aliphatic rings. The molecule has 1 heterocycles. The van der Waals surface area contributed by atoms with Crippen LogP contribution in [0, 0.1) is 0 Å². The number of nitrogens with one attached hydrogen (secondary N) is 1. The van der Waals surface area contributed by atoms with Gasteiger partial charge in [0, 0.05) is 56.9 Å². The van der Waals surface area contributed by atoms with Gasteiger partial charge in [0.15, 0.2) is 0 Å². The summed E-state index contributed by atoms with van der Waals surface area (Å²) in [6, 6.07) is 10.8. The Hall–Kier alpha value is -1.59. The summed E-state index contributed by atoms with van der Waals surface area (Å²) in [6.07, 6.45) is 1.26. The molecule has 1 saturated heterocycles. The first-order chi connectivity index (χ1) is 11.0. The van der Waals surface area contributed by atoms with Crippen LogP contribution in [0.25, 0.3) is 0 Å². The van der Waals surface area contributed by atoms with Gasteiger partial charge in [-0.3, -0.25) is 9.69 Å². The number of rotatable bonds is 7. The molecular weight excluding hydrogens is 288 g/mol. The molecule has 2 unspecified atom stereocenters. The highest BCUT2D eigenvalue weighted by molar-refractivity contribution is 5.76. The molecule has 1 aliphatic heterocycles. The number of amides is 1. The van der Waals surface area contributed by atoms with E-state index in [0.717, 1.165) is 39.1 Å². The van der Waals surface area contributed by atoms with E-state index in [1.54, 1.807) is 0 Å². The third-order valence-corrected chi connectivity index (χ3v) is 4.26. The fourth-order valence-electron chi connectivity index (χ4n) is 2.97. The Bertz CT molecular complexity index is 469. The van der Waals surface area contributed by atoms with Crippen LogP contribution in [-0.2, 0) is 4.79 Å². The number of anilines is 1. The number of nitrogens with zero attached hydrogens (tertiary/aromatic N) is 2. The molecule has 0 saturated carbocycles. The van der Waals surface area contributed by atoms with Crippen LogP contribution >= 0.6 is 0 Å². The van der Waals surface area contributed by atoms with Gasteiger partial charge < -0.3 is 16.0 Å². The Kier molecular flexibility index (Phi) is 6.86. The summed E-state index contributed by atoms with van der Waals surface area (Å²) < 4.78 is 0. The van der Waals surface area contributed by atoms with Crippen LogP contribution in [0.5, 0.6) is 0 Å². The topological polar surface area (TPSA) is 61.6 Å². The Balaban J connectivity index is 1.68. The molecule has 5 nitrogen and oxygen atoms in total. The average molecular weight is 318 g/mol. The molecule has 23 heavy (non-hydrogen) atoms. The van der Waals surface area contributed by atoms with E-state index in [9.17, 15) is 4.79 Å². The van der Waals surface area contributed by atoms with Gasteiger partial charge in [-0.25, -0.2) is 0 Å². The van der Waals surface area contributed by atoms with Gasteiger partial charge in [-0.05, 0) is 32.4 Å². The van der Waals surface area contributed by atoms with Crippen LogP contribution < -0.4 is 16.0 Å². The molecule has 1 fully saturated rings. The second kappa shape index (κ2) is 8.89. The number of benzene rings is 1. The van der Waals surface area contributed by atoms with Crippen LogP contribution in [0.3, 0.4) is 0 Å². The molecule has 3 N–H and O–H groups in total. The summed E-state index contributed by atoms with van der Waals surface area (Å²) in [6.45, 7) is 9.07. The lowest BCUT2D eigenvalue weighted by molar-refractivity contribution is -0.122. The summed E-state index contributed by atoms with van der Waals surface area (Å²) in [5, 5.41) is 3.08. The number of nitrogens with two attached hydrogens (primary N) is 1. The summed E-state index contributed by atoms with van der Waals surface area (Å²) >= 11 is 0. The van der Waals surface area contributed by atoms with Crippen LogP contribution in [0.15, 0.2) is 30.3 Å². The molecule has 1 amide bonds. The molecule has 2 atom stereocenters. The third-order valence-electron chi connectivity index (χ3n) is 4.26. The summed E-state index contributed by atoms with van der Waals surface area (Å²) in [5.41, 5.74) is 6.98. The van der Waals surface area contributed by atoms with Crippen LogP contribution in [0.2, 0.25) is 0 Å². The van der Waals surface area contributed by atoms with E-state index in [1.165, 1.54) is 5.69 Å². The Morgan fingerprint density at radius 2 is 1.83 bits per heavy atom. The van der Waals surface area contributed by atoms with Gasteiger partial charge in [0.1, 0.15) is 0 Å². The van der Waals surface area contributed by atoms with Gasteiger partial charge >= 0.3 is 0 Å². The number of carbonyl (C=O) groups excluding carboxylic acids is 1. The van der Waals surface area contributed by atoms with Crippen molar-refractivity contribution < 1.29 is 4.79 Å². The van der Waals surface area contributed by atoms with Crippen molar-refractivity contribution in [3.8, 4) is 0 Å². The molecule has 2 rings (SSSR count). The van der Waals surface area contributed by atoms with Crippen molar-refractivity contribution in [2.75, 3.05) is 37.6 Å². The fraction of sp³-hybridized carbons (Fsp3) is 0.611. The van der Waals surface area contributed by atoms with Crippen molar-refractivity contribution in [3.63, 3.8) is 0 Å². The maximum Gasteiger partial charge on any atom is 0.220 e. The van der Waals surface area contributed by atoms with Crippen molar-refractivity contribution in [2.24, 2.45) is 5.73 Å². The number of piperazine rings is 1. The highest BCUT2D eigenvalue weighted by Crippen LogP contribution is 2.15. The Labute approximate surface area is 139 Å². The van der Waals surface area contributed by atoms with Crippen molar-refractivity contribution in [1.82, 2.24) is 10.2 Å². The lowest BCUT2D eigenvalue weighted by Gasteiger charge is -2.37. The van der Waals surface area contributed by atoms with Gasteiger partial charge in [0.2, 0.25) is 5.91 Å². The van der Waals surface area contributed by atoms with Crippen molar-refractivity contribution in [2.45, 2.75) is 38.8 Å². The van der Waals surface area contributed by atoms with Crippen LogP contribution in [0.1, 0.15) is 26.7 Å². The van der Waals surface area contributed by atoms with E-state index in [-0.39, 0.29) is 18.0 Å². The Morgan fingerprint density at radius 1 is 1.17 bits per heavy atom. The number of hydrogen-bond acceptors (Lipinski definition) is 4. The van der Waals surface area contributed by atoms with E-state index < -0.39 is 0 Å². The largest absolute Gasteiger partial charge is 0.369 e. The smallest absolute Gasteiger partial charge is 0.220 e. The minimum Gasteiger partial charge on any atom is -0.369 e. The van der Waals surface area contributed by atoms with Crippen molar-refractivity contribution in [3.05, 3.63) is 30.3 Å². The molecule has 128 valence electrons. The predicted octanol–water partition coefficient (Wildman–Crippen LogP) is 1.44. The lowest BCUT2D eigenvalue weighted by Crippen LogP contribution is -2.50. The number of para-hydroxylation sites is 1. The highest BCUT2D eigenvalue weighted by atomic mass is 16.1. The summed E-state index contributed by atoms with van der Waals surface area (Å²) in [7, 11) is 0. The van der Waals surface area contributed by atoms with E-state index in [0.29, 0.717) is 6.42 Å². The third kappa shape index (κ3) is 6.20. The monoisotopic (exact) mass is 318 g/mol. The van der Waals surface area contributed by atoms with Crippen LogP contribution in [0.4, 0.5) is 5.69 Å². The van der Waals surface area contributed by atoms with Crippen molar-refractivity contribution in [1.29, 1.82) is 0 Å². The SMILES string of the molecule is CC(N)CCC(=O)NC(C)CN1CCN(c2ccccc2)CC1. The first kappa shape index (κ1) is 17.8. The zero-order valence-corrected chi connectivity index (χ0v) is 14.4. The quantitative estimate of drug-likeness (QED) is 0.799. The molecule has 1 aromatic carbocycles. The van der Waals surface area contributed by atoms with Gasteiger partial charge in [-0.15, -0.1) is 0 Å². The van der Waals surface area contributed by atoms with Gasteiger partial charge in [0.05, 0.1) is 0 Å². The molecule has 0 bridgehead atoms. The highest BCUT2D eigenvalue weighted by Gasteiger charge is 2.19. The predicted molar refractivity (Wildman–Crippen MR) is 95.6 cm³/mol. The number of hydrogen-bond donors (Lipinski definition) is 2. The molecule has 0 radical (unpaired) electrons. The second-order valence-electron chi connectivity index (χ2n) is 6.61. The zero-order valence-electron chi connectivity index (χ0n) is 14.4. The van der Waals surface area contributed by atoms with E-state index >= 15 is 0 Å². The standard InChI is InChI=1S/C18H30N4O/c1-15(19)8-9-18(23)20-16(2)14-21-10-12-22(13-11-21)17-6-4-3-5-7-17/h3-7,15-16H,8-14,19H2,1-2H3,(H,20,23). The van der Waals surface area contributed by atoms with Gasteiger partial charge in [0.25, 0.3) is 0 Å². The normalized spacial score (nSPS) is 18.5. The minimum absolute atomic E-state index is 0.0853. The Morgan fingerprint density at radius 3 is 2.43 bits per heavy atom. The average Bonchev–Trinajstić information content (AvgIpc) is 2.54. The number of carbonyl (C=O) groups is 1. The minimum atomic E-state index is 0.0853. The summed E-state index contributed by atoms with van der Waals surface area (Å²) in [4.78, 5) is 16.7. The lowest BCUT2D eigenvalue weighted by atomic mass is 10.2. The second-order valence-corrected chi connectivity index (χ2v) is 6.61. The maximum absolute atomic E-state index is 11.8. The molecule has 0 aromatic heterocycles. The van der Waals surface area contributed by atoms with Crippen molar-refractivity contribution >= 4 is 11.6 Å². The maximum atomic E-state index is 11.8. The van der Waals surface area contributed by atoms with Gasteiger partial charge in [-0.2, -0.15) is 0 Å². The fourth-order valence-corrected chi connectivity index (χ4v) is 2.97. The first-order valence-electron chi connectivity index (χ1n) is 8.62. The molecule has 5 heteroatoms. The molecule has 1 aromatic rings. The van der Waals surface area contributed by atoms with Gasteiger partial charge in [-0.1, -0.05) is 18.2 Å². The zero-order chi connectivity index (χ0) is 16.7. The first-order valence-corrected chi connectivity index (χ1v) is 8.62. The molecular formula is C18H30N4O. The summed E-state index contributed by atoms with van der Waals surface area (Å²) in [5.74, 6) is 0.109. The van der Waals surface area contributed by atoms with E-state index in [2.05, 4.69) is 52.4 Å². The molecule has 0 spiro atoms. The molecule has 0 aliphatic carbocycles. The van der Waals surface area contributed by atoms with Crippen LogP contribution in [-0.4, -0.2) is 55.6 Å².